The molecule has 2 amide bonds. The Bertz CT molecular complexity index is 1480. The topological polar surface area (TPSA) is 117 Å². The van der Waals surface area contributed by atoms with E-state index in [4.69, 9.17) is 16.4 Å². The summed E-state index contributed by atoms with van der Waals surface area (Å²) in [6.45, 7) is 0. The zero-order valence-corrected chi connectivity index (χ0v) is 20.9. The van der Waals surface area contributed by atoms with E-state index >= 15 is 0 Å². The second kappa shape index (κ2) is 8.95. The highest BCUT2D eigenvalue weighted by molar-refractivity contribution is 7.17. The van der Waals surface area contributed by atoms with Gasteiger partial charge in [0, 0.05) is 22.0 Å². The van der Waals surface area contributed by atoms with Crippen LogP contribution in [0.1, 0.15) is 40.5 Å². The van der Waals surface area contributed by atoms with Crippen LogP contribution in [0.2, 0.25) is 5.02 Å². The van der Waals surface area contributed by atoms with Crippen molar-refractivity contribution in [3.8, 4) is 6.07 Å². The van der Waals surface area contributed by atoms with Gasteiger partial charge in [-0.05, 0) is 61.1 Å². The van der Waals surface area contributed by atoms with Crippen molar-refractivity contribution < 1.29 is 19.3 Å². The van der Waals surface area contributed by atoms with E-state index in [-0.39, 0.29) is 5.69 Å². The molecular formula is C26H19ClN4O5S. The minimum atomic E-state index is -1.10. The van der Waals surface area contributed by atoms with Gasteiger partial charge < -0.3 is 0 Å². The van der Waals surface area contributed by atoms with Crippen molar-refractivity contribution in [3.63, 3.8) is 0 Å². The third kappa shape index (κ3) is 3.70. The Morgan fingerprint density at radius 2 is 1.76 bits per heavy atom. The molecule has 0 spiro atoms. The van der Waals surface area contributed by atoms with Crippen LogP contribution in [-0.4, -0.2) is 22.8 Å². The number of carbonyl (C=O) groups excluding carboxylic acids is 2. The summed E-state index contributed by atoms with van der Waals surface area (Å²) in [6.07, 6.45) is 2.45. The van der Waals surface area contributed by atoms with Gasteiger partial charge in [-0.2, -0.15) is 5.26 Å². The summed E-state index contributed by atoms with van der Waals surface area (Å²) in [6, 6.07) is 14.1. The molecule has 37 heavy (non-hydrogen) atoms. The van der Waals surface area contributed by atoms with Gasteiger partial charge in [0.05, 0.1) is 22.2 Å². The maximum absolute atomic E-state index is 13.9. The maximum atomic E-state index is 13.9. The van der Waals surface area contributed by atoms with Crippen LogP contribution in [0, 0.1) is 27.4 Å². The lowest BCUT2D eigenvalue weighted by Gasteiger charge is -2.28. The summed E-state index contributed by atoms with van der Waals surface area (Å²) in [5.41, 5.74) is 2.40. The van der Waals surface area contributed by atoms with Crippen molar-refractivity contribution in [1.29, 1.82) is 5.26 Å². The molecule has 1 aromatic heterocycles. The van der Waals surface area contributed by atoms with Gasteiger partial charge in [-0.1, -0.05) is 23.7 Å². The van der Waals surface area contributed by atoms with E-state index in [1.165, 1.54) is 28.5 Å². The number of fused-ring (bicyclic) bond motifs is 2. The highest BCUT2D eigenvalue weighted by atomic mass is 35.5. The molecule has 0 bridgehead atoms. The van der Waals surface area contributed by atoms with Crippen LogP contribution >= 0.6 is 22.9 Å². The van der Waals surface area contributed by atoms with Crippen LogP contribution < -0.4 is 9.96 Å². The van der Waals surface area contributed by atoms with Crippen molar-refractivity contribution in [3.05, 3.63) is 85.2 Å². The Kier molecular flexibility index (Phi) is 5.71. The smallest absolute Gasteiger partial charge is 0.269 e. The molecule has 0 unspecified atom stereocenters. The summed E-state index contributed by atoms with van der Waals surface area (Å²) in [7, 11) is 0. The summed E-state index contributed by atoms with van der Waals surface area (Å²) in [5, 5.41) is 23.5. The van der Waals surface area contributed by atoms with Gasteiger partial charge in [-0.3, -0.25) is 24.5 Å². The lowest BCUT2D eigenvalue weighted by molar-refractivity contribution is -0.384. The van der Waals surface area contributed by atoms with E-state index in [0.717, 1.165) is 41.0 Å². The predicted molar refractivity (Wildman–Crippen MR) is 136 cm³/mol. The number of carbonyl (C=O) groups is 2. The standard InChI is InChI=1S/C26H19ClN4O5S/c27-15-7-11-16(12-8-15)30-22(14-5-9-17(10-6-14)31(34)35)21-23(36-30)25(33)29(24(21)32)26-19(13-28)18-3-1-2-4-20(18)37-26/h5-12,21-23H,1-4H2/t21-,22-,23-/m1/s1. The van der Waals surface area contributed by atoms with Gasteiger partial charge in [0.25, 0.3) is 11.6 Å². The van der Waals surface area contributed by atoms with Gasteiger partial charge in [0.1, 0.15) is 17.0 Å². The van der Waals surface area contributed by atoms with Crippen LogP contribution in [0.15, 0.2) is 48.5 Å². The van der Waals surface area contributed by atoms with Crippen LogP contribution in [0.5, 0.6) is 0 Å². The fourth-order valence-electron chi connectivity index (χ4n) is 5.38. The second-order valence-corrected chi connectivity index (χ2v) is 10.7. The number of rotatable bonds is 4. The number of amides is 2. The zero-order valence-electron chi connectivity index (χ0n) is 19.3. The average molecular weight is 535 g/mol. The number of benzene rings is 2. The normalized spacial score (nSPS) is 22.6. The number of nitrogens with zero attached hydrogens (tertiary/aromatic N) is 4. The molecule has 0 radical (unpaired) electrons. The number of hydrogen-bond donors (Lipinski definition) is 0. The summed E-state index contributed by atoms with van der Waals surface area (Å²) in [5.74, 6) is -1.88. The van der Waals surface area contributed by atoms with Crippen LogP contribution in [0.4, 0.5) is 16.4 Å². The summed E-state index contributed by atoms with van der Waals surface area (Å²) >= 11 is 7.39. The maximum Gasteiger partial charge on any atom is 0.269 e. The number of hydrogen-bond acceptors (Lipinski definition) is 8. The molecule has 186 valence electrons. The molecule has 6 rings (SSSR count). The predicted octanol–water partition coefficient (Wildman–Crippen LogP) is 5.11. The van der Waals surface area contributed by atoms with Crippen LogP contribution in [0.25, 0.3) is 0 Å². The minimum Gasteiger partial charge on any atom is -0.273 e. The van der Waals surface area contributed by atoms with E-state index in [0.29, 0.717) is 26.8 Å². The monoisotopic (exact) mass is 534 g/mol. The molecule has 11 heteroatoms. The molecule has 2 aromatic carbocycles. The summed E-state index contributed by atoms with van der Waals surface area (Å²) < 4.78 is 0. The first kappa shape index (κ1) is 23.6. The third-order valence-corrected chi connectivity index (χ3v) is 8.64. The molecule has 2 fully saturated rings. The van der Waals surface area contributed by atoms with E-state index in [2.05, 4.69) is 6.07 Å². The third-order valence-electron chi connectivity index (χ3n) is 7.11. The number of nitro benzene ring substituents is 1. The Labute approximate surface area is 220 Å². The number of imide groups is 1. The highest BCUT2D eigenvalue weighted by Crippen LogP contribution is 2.50. The highest BCUT2D eigenvalue weighted by Gasteiger charge is 2.61. The summed E-state index contributed by atoms with van der Waals surface area (Å²) in [4.78, 5) is 46.6. The van der Waals surface area contributed by atoms with Crippen molar-refractivity contribution >= 4 is 51.1 Å². The molecule has 2 saturated heterocycles. The molecular weight excluding hydrogens is 516 g/mol. The first-order chi connectivity index (χ1) is 17.9. The number of aryl methyl sites for hydroxylation is 1. The fraction of sp³-hybridized carbons (Fsp3) is 0.269. The Morgan fingerprint density at radius 3 is 2.43 bits per heavy atom. The molecule has 3 aliphatic rings. The molecule has 3 heterocycles. The number of nitro groups is 1. The quantitative estimate of drug-likeness (QED) is 0.259. The second-order valence-electron chi connectivity index (χ2n) is 9.16. The van der Waals surface area contributed by atoms with E-state index in [1.54, 1.807) is 36.4 Å². The van der Waals surface area contributed by atoms with Gasteiger partial charge in [0.2, 0.25) is 5.91 Å². The van der Waals surface area contributed by atoms with Crippen molar-refractivity contribution in [2.24, 2.45) is 5.92 Å². The van der Waals surface area contributed by atoms with E-state index in [9.17, 15) is 25.0 Å². The van der Waals surface area contributed by atoms with Crippen molar-refractivity contribution in [1.82, 2.24) is 0 Å². The lowest BCUT2D eigenvalue weighted by atomic mass is 9.90. The average Bonchev–Trinajstić information content (AvgIpc) is 3.54. The Morgan fingerprint density at radius 1 is 1.05 bits per heavy atom. The molecule has 0 saturated carbocycles. The van der Waals surface area contributed by atoms with Crippen molar-refractivity contribution in [2.75, 3.05) is 9.96 Å². The first-order valence-electron chi connectivity index (χ1n) is 11.8. The van der Waals surface area contributed by atoms with Crippen LogP contribution in [0.3, 0.4) is 0 Å². The fourth-order valence-corrected chi connectivity index (χ4v) is 6.86. The Hall–Kier alpha value is -3.78. The first-order valence-corrected chi connectivity index (χ1v) is 13.0. The van der Waals surface area contributed by atoms with E-state index < -0.39 is 34.8 Å². The Balaban J connectivity index is 1.43. The molecule has 1 aliphatic carbocycles. The number of thiophene rings is 1. The van der Waals surface area contributed by atoms with Gasteiger partial charge in [-0.25, -0.2) is 9.96 Å². The number of hydroxylamine groups is 1. The van der Waals surface area contributed by atoms with E-state index in [1.807, 2.05) is 0 Å². The SMILES string of the molecule is N#Cc1c(N2C(=O)[C@@H]3[C@@H](c4ccc([N+](=O)[O-])cc4)N(c4ccc(Cl)cc4)O[C@H]3C2=O)sc2c1CCCC2. The largest absolute Gasteiger partial charge is 0.273 e. The van der Waals surface area contributed by atoms with Crippen LogP contribution in [-0.2, 0) is 27.3 Å². The molecule has 9 nitrogen and oxygen atoms in total. The molecule has 2 aliphatic heterocycles. The number of non-ortho nitro benzene ring substituents is 1. The van der Waals surface area contributed by atoms with Gasteiger partial charge >= 0.3 is 0 Å². The molecule has 3 aromatic rings. The van der Waals surface area contributed by atoms with Gasteiger partial charge in [0.15, 0.2) is 6.10 Å². The molecule has 3 atom stereocenters. The molecule has 0 N–H and O–H groups in total. The number of anilines is 2. The minimum absolute atomic E-state index is 0.0875. The van der Waals surface area contributed by atoms with Gasteiger partial charge in [-0.15, -0.1) is 11.3 Å². The number of halogens is 1. The van der Waals surface area contributed by atoms with Crippen molar-refractivity contribution in [2.45, 2.75) is 37.8 Å². The zero-order chi connectivity index (χ0) is 25.8. The lowest BCUT2D eigenvalue weighted by Crippen LogP contribution is -2.37. The number of nitriles is 1.